The number of pyridine rings is 1. The van der Waals surface area contributed by atoms with Crippen LogP contribution in [0.4, 0.5) is 5.82 Å². The number of rotatable bonds is 6. The van der Waals surface area contributed by atoms with Crippen LogP contribution in [-0.2, 0) is 17.6 Å². The maximum absolute atomic E-state index is 10.3. The molecule has 2 aliphatic heterocycles. The first-order valence-corrected chi connectivity index (χ1v) is 8.40. The highest BCUT2D eigenvalue weighted by molar-refractivity contribution is 5.64. The molecule has 0 bridgehead atoms. The molecule has 4 heteroatoms. The molecule has 0 aliphatic carbocycles. The molecule has 1 aromatic rings. The molecule has 3 rings (SSSR count). The summed E-state index contributed by atoms with van der Waals surface area (Å²) in [7, 11) is 0. The third kappa shape index (κ3) is 3.95. The van der Waals surface area contributed by atoms with Gasteiger partial charge in [-0.1, -0.05) is 12.1 Å². The summed E-state index contributed by atoms with van der Waals surface area (Å²) in [5, 5.41) is 3.41. The molecule has 1 N–H and O–H groups in total. The summed E-state index contributed by atoms with van der Waals surface area (Å²) < 4.78 is 0. The van der Waals surface area contributed by atoms with E-state index in [1.807, 2.05) is 6.08 Å². The van der Waals surface area contributed by atoms with Crippen LogP contribution >= 0.6 is 0 Å². The van der Waals surface area contributed by atoms with Gasteiger partial charge in [-0.05, 0) is 62.3 Å². The van der Waals surface area contributed by atoms with Crippen molar-refractivity contribution in [3.8, 4) is 0 Å². The molecule has 2 aliphatic rings. The number of anilines is 1. The number of aldehydes is 1. The molecule has 0 radical (unpaired) electrons. The van der Waals surface area contributed by atoms with Gasteiger partial charge in [0.2, 0.25) is 0 Å². The standard InChI is InChI=1S/C18H25N3O/c22-13-2-1-11-21-12-9-15(14-21)5-7-17-8-6-16-4-3-10-19-18(16)20-17/h1-2,6,8,13,15H,3-5,7,9-12,14H2,(H,19,20)/b2-1+. The fourth-order valence-electron chi connectivity index (χ4n) is 3.44. The van der Waals surface area contributed by atoms with Crippen molar-refractivity contribution in [2.75, 3.05) is 31.5 Å². The first-order valence-electron chi connectivity index (χ1n) is 8.40. The van der Waals surface area contributed by atoms with E-state index in [0.717, 1.165) is 57.0 Å². The largest absolute Gasteiger partial charge is 0.370 e. The molecular formula is C18H25N3O. The number of aromatic nitrogens is 1. The van der Waals surface area contributed by atoms with Crippen LogP contribution in [-0.4, -0.2) is 42.3 Å². The zero-order valence-corrected chi connectivity index (χ0v) is 13.1. The zero-order valence-electron chi connectivity index (χ0n) is 13.1. The molecule has 22 heavy (non-hydrogen) atoms. The lowest BCUT2D eigenvalue weighted by atomic mass is 10.00. The Morgan fingerprint density at radius 2 is 2.36 bits per heavy atom. The highest BCUT2D eigenvalue weighted by Crippen LogP contribution is 2.23. The van der Waals surface area contributed by atoms with E-state index < -0.39 is 0 Å². The molecule has 0 saturated carbocycles. The second kappa shape index (κ2) is 7.54. The third-order valence-corrected chi connectivity index (χ3v) is 4.71. The van der Waals surface area contributed by atoms with Crippen molar-refractivity contribution in [2.24, 2.45) is 5.92 Å². The van der Waals surface area contributed by atoms with Crippen molar-refractivity contribution in [1.29, 1.82) is 0 Å². The normalized spacial score (nSPS) is 21.7. The van der Waals surface area contributed by atoms with E-state index in [0.29, 0.717) is 0 Å². The smallest absolute Gasteiger partial charge is 0.142 e. The molecule has 1 saturated heterocycles. The predicted molar refractivity (Wildman–Crippen MR) is 89.1 cm³/mol. The summed E-state index contributed by atoms with van der Waals surface area (Å²) in [5.41, 5.74) is 2.58. The summed E-state index contributed by atoms with van der Waals surface area (Å²) in [6.45, 7) is 4.24. The van der Waals surface area contributed by atoms with E-state index in [-0.39, 0.29) is 0 Å². The number of nitrogens with one attached hydrogen (secondary N) is 1. The Hall–Kier alpha value is -1.68. The molecule has 1 atom stereocenters. The average Bonchev–Trinajstić information content (AvgIpc) is 3.01. The van der Waals surface area contributed by atoms with E-state index in [4.69, 9.17) is 4.98 Å². The van der Waals surface area contributed by atoms with Gasteiger partial charge >= 0.3 is 0 Å². The molecule has 4 nitrogen and oxygen atoms in total. The van der Waals surface area contributed by atoms with Gasteiger partial charge in [0.05, 0.1) is 0 Å². The van der Waals surface area contributed by atoms with Crippen LogP contribution in [0.25, 0.3) is 0 Å². The van der Waals surface area contributed by atoms with Gasteiger partial charge in [-0.15, -0.1) is 0 Å². The lowest BCUT2D eigenvalue weighted by molar-refractivity contribution is -0.104. The van der Waals surface area contributed by atoms with Crippen LogP contribution in [0.5, 0.6) is 0 Å². The summed E-state index contributed by atoms with van der Waals surface area (Å²) >= 11 is 0. The van der Waals surface area contributed by atoms with Crippen LogP contribution in [0.15, 0.2) is 24.3 Å². The second-order valence-electron chi connectivity index (χ2n) is 6.36. The molecule has 0 amide bonds. The van der Waals surface area contributed by atoms with Crippen molar-refractivity contribution >= 4 is 12.1 Å². The van der Waals surface area contributed by atoms with E-state index in [1.165, 1.54) is 30.5 Å². The predicted octanol–water partition coefficient (Wildman–Crippen LogP) is 2.45. The lowest BCUT2D eigenvalue weighted by Gasteiger charge is -2.18. The Bertz CT molecular complexity index is 541. The third-order valence-electron chi connectivity index (χ3n) is 4.71. The highest BCUT2D eigenvalue weighted by atomic mass is 16.1. The highest BCUT2D eigenvalue weighted by Gasteiger charge is 2.21. The number of hydrogen-bond acceptors (Lipinski definition) is 4. The summed E-state index contributed by atoms with van der Waals surface area (Å²) in [4.78, 5) is 17.5. The fourth-order valence-corrected chi connectivity index (χ4v) is 3.44. The SMILES string of the molecule is O=C/C=C/CN1CCC(CCc2ccc3c(n2)NCCC3)C1. The van der Waals surface area contributed by atoms with Crippen molar-refractivity contribution in [3.63, 3.8) is 0 Å². The van der Waals surface area contributed by atoms with Gasteiger partial charge in [0, 0.05) is 25.3 Å². The number of nitrogens with zero attached hydrogens (tertiary/aromatic N) is 2. The number of fused-ring (bicyclic) bond motifs is 1. The lowest BCUT2D eigenvalue weighted by Crippen LogP contribution is -2.20. The van der Waals surface area contributed by atoms with E-state index in [1.54, 1.807) is 6.08 Å². The number of likely N-dealkylation sites (tertiary alicyclic amines) is 1. The van der Waals surface area contributed by atoms with Crippen molar-refractivity contribution in [1.82, 2.24) is 9.88 Å². The minimum Gasteiger partial charge on any atom is -0.370 e. The Kier molecular flexibility index (Phi) is 5.22. The van der Waals surface area contributed by atoms with E-state index >= 15 is 0 Å². The Morgan fingerprint density at radius 1 is 1.41 bits per heavy atom. The number of hydrogen-bond donors (Lipinski definition) is 1. The van der Waals surface area contributed by atoms with Crippen LogP contribution < -0.4 is 5.32 Å². The number of carbonyl (C=O) groups excluding carboxylic acids is 1. The summed E-state index contributed by atoms with van der Waals surface area (Å²) in [5.74, 6) is 1.87. The molecule has 118 valence electrons. The fraction of sp³-hybridized carbons (Fsp3) is 0.556. The van der Waals surface area contributed by atoms with Gasteiger partial charge in [-0.3, -0.25) is 9.69 Å². The molecule has 1 fully saturated rings. The first-order chi connectivity index (χ1) is 10.8. The number of carbonyl (C=O) groups is 1. The Labute approximate surface area is 132 Å². The van der Waals surface area contributed by atoms with Crippen molar-refractivity contribution in [3.05, 3.63) is 35.5 Å². The minimum absolute atomic E-state index is 0.760. The van der Waals surface area contributed by atoms with Gasteiger partial charge in [0.15, 0.2) is 0 Å². The maximum atomic E-state index is 10.3. The van der Waals surface area contributed by atoms with Crippen LogP contribution in [0.1, 0.15) is 30.5 Å². The van der Waals surface area contributed by atoms with E-state index in [2.05, 4.69) is 22.3 Å². The van der Waals surface area contributed by atoms with Gasteiger partial charge in [0.25, 0.3) is 0 Å². The molecule has 0 aromatic carbocycles. The zero-order chi connectivity index (χ0) is 15.2. The number of allylic oxidation sites excluding steroid dienone is 1. The van der Waals surface area contributed by atoms with E-state index in [9.17, 15) is 4.79 Å². The summed E-state index contributed by atoms with van der Waals surface area (Å²) in [6, 6.07) is 4.44. The van der Waals surface area contributed by atoms with Gasteiger partial charge < -0.3 is 5.32 Å². The quantitative estimate of drug-likeness (QED) is 0.647. The second-order valence-corrected chi connectivity index (χ2v) is 6.36. The van der Waals surface area contributed by atoms with Crippen molar-refractivity contribution < 1.29 is 4.79 Å². The molecule has 1 aromatic heterocycles. The maximum Gasteiger partial charge on any atom is 0.142 e. The number of aryl methyl sites for hydroxylation is 2. The Morgan fingerprint density at radius 3 is 3.27 bits per heavy atom. The molecule has 1 unspecified atom stereocenters. The van der Waals surface area contributed by atoms with Gasteiger partial charge in [0.1, 0.15) is 12.1 Å². The van der Waals surface area contributed by atoms with Crippen LogP contribution in [0.2, 0.25) is 0 Å². The van der Waals surface area contributed by atoms with Crippen molar-refractivity contribution in [2.45, 2.75) is 32.1 Å². The minimum atomic E-state index is 0.760. The Balaban J connectivity index is 1.47. The first kappa shape index (κ1) is 15.2. The van der Waals surface area contributed by atoms with Gasteiger partial charge in [-0.25, -0.2) is 4.98 Å². The van der Waals surface area contributed by atoms with Crippen LogP contribution in [0, 0.1) is 5.92 Å². The van der Waals surface area contributed by atoms with Crippen LogP contribution in [0.3, 0.4) is 0 Å². The van der Waals surface area contributed by atoms with Gasteiger partial charge in [-0.2, -0.15) is 0 Å². The monoisotopic (exact) mass is 299 g/mol. The molecule has 3 heterocycles. The molecule has 0 spiro atoms. The molecular weight excluding hydrogens is 274 g/mol. The average molecular weight is 299 g/mol. The summed E-state index contributed by atoms with van der Waals surface area (Å²) in [6.07, 6.45) is 10.3. The topological polar surface area (TPSA) is 45.2 Å².